The normalized spacial score (nSPS) is 17.4. The van der Waals surface area contributed by atoms with Crippen LogP contribution in [-0.4, -0.2) is 47.3 Å². The molecule has 0 saturated carbocycles. The lowest BCUT2D eigenvalue weighted by Crippen LogP contribution is -2.56. The third-order valence-corrected chi connectivity index (χ3v) is 3.36. The molecule has 0 aliphatic carbocycles. The molecule has 0 unspecified atom stereocenters. The average molecular weight is 296 g/mol. The zero-order valence-electron chi connectivity index (χ0n) is 11.9. The molecule has 6 nitrogen and oxygen atoms in total. The van der Waals surface area contributed by atoms with E-state index < -0.39 is 28.9 Å². The minimum atomic E-state index is -1.43. The van der Waals surface area contributed by atoms with Gasteiger partial charge < -0.3 is 20.1 Å². The second kappa shape index (κ2) is 5.69. The Morgan fingerprint density at radius 2 is 2.14 bits per heavy atom. The predicted octanol–water partition coefficient (Wildman–Crippen LogP) is 2.17. The molecule has 0 bridgehead atoms. The molecule has 1 aliphatic rings. The Hall–Kier alpha value is -2.15. The van der Waals surface area contributed by atoms with Crippen LogP contribution in [0.25, 0.3) is 0 Å². The molecule has 2 rings (SSSR count). The first-order valence-electron chi connectivity index (χ1n) is 6.51. The Morgan fingerprint density at radius 1 is 1.43 bits per heavy atom. The van der Waals surface area contributed by atoms with Gasteiger partial charge in [0, 0.05) is 6.54 Å². The van der Waals surface area contributed by atoms with Crippen molar-refractivity contribution in [3.63, 3.8) is 0 Å². The Balaban J connectivity index is 2.24. The van der Waals surface area contributed by atoms with Crippen LogP contribution in [0.2, 0.25) is 0 Å². The number of nitrogens with one attached hydrogen (secondary N) is 1. The standard InChI is InChI=1S/C14H17FN2O4/c1-14(2)8-21-7-6-17(14)13(20)16-10-5-3-4-9(15)11(10)12(18)19/h3-5H,6-8H2,1-2H3,(H,16,20)(H,18,19). The van der Waals surface area contributed by atoms with E-state index in [1.54, 1.807) is 4.90 Å². The maximum atomic E-state index is 13.6. The molecule has 1 heterocycles. The van der Waals surface area contributed by atoms with Gasteiger partial charge in [0.15, 0.2) is 0 Å². The van der Waals surface area contributed by atoms with Crippen molar-refractivity contribution in [2.75, 3.05) is 25.1 Å². The highest BCUT2D eigenvalue weighted by atomic mass is 19.1. The summed E-state index contributed by atoms with van der Waals surface area (Å²) in [4.78, 5) is 25.0. The van der Waals surface area contributed by atoms with Crippen molar-refractivity contribution in [1.29, 1.82) is 0 Å². The minimum Gasteiger partial charge on any atom is -0.478 e. The molecule has 2 N–H and O–H groups in total. The van der Waals surface area contributed by atoms with Gasteiger partial charge in [-0.15, -0.1) is 0 Å². The first-order chi connectivity index (χ1) is 9.83. The van der Waals surface area contributed by atoms with E-state index in [4.69, 9.17) is 9.84 Å². The summed E-state index contributed by atoms with van der Waals surface area (Å²) in [6.07, 6.45) is 0. The van der Waals surface area contributed by atoms with E-state index in [0.29, 0.717) is 19.8 Å². The maximum Gasteiger partial charge on any atom is 0.340 e. The predicted molar refractivity (Wildman–Crippen MR) is 74.0 cm³/mol. The molecule has 0 spiro atoms. The number of nitrogens with zero attached hydrogens (tertiary/aromatic N) is 1. The van der Waals surface area contributed by atoms with Gasteiger partial charge in [-0.3, -0.25) is 0 Å². The molecule has 21 heavy (non-hydrogen) atoms. The molecule has 1 aromatic rings. The number of carbonyl (C=O) groups is 2. The van der Waals surface area contributed by atoms with Crippen LogP contribution in [0.15, 0.2) is 18.2 Å². The van der Waals surface area contributed by atoms with E-state index in [1.165, 1.54) is 12.1 Å². The number of morpholine rings is 1. The highest BCUT2D eigenvalue weighted by molar-refractivity contribution is 6.00. The Kier molecular flexibility index (Phi) is 4.13. The lowest BCUT2D eigenvalue weighted by molar-refractivity contribution is -0.0249. The second-order valence-corrected chi connectivity index (χ2v) is 5.41. The number of aromatic carboxylic acids is 1. The molecular weight excluding hydrogens is 279 g/mol. The lowest BCUT2D eigenvalue weighted by Gasteiger charge is -2.41. The van der Waals surface area contributed by atoms with Crippen LogP contribution in [0.5, 0.6) is 0 Å². The van der Waals surface area contributed by atoms with Crippen molar-refractivity contribution in [3.05, 3.63) is 29.6 Å². The molecule has 2 amide bonds. The molecular formula is C14H17FN2O4. The highest BCUT2D eigenvalue weighted by Crippen LogP contribution is 2.23. The van der Waals surface area contributed by atoms with Gasteiger partial charge in [0.05, 0.1) is 24.4 Å². The van der Waals surface area contributed by atoms with Gasteiger partial charge in [-0.2, -0.15) is 0 Å². The summed E-state index contributed by atoms with van der Waals surface area (Å²) < 4.78 is 18.9. The topological polar surface area (TPSA) is 78.9 Å². The third kappa shape index (κ3) is 3.13. The monoisotopic (exact) mass is 296 g/mol. The number of carboxylic acid groups (broad SMARTS) is 1. The van der Waals surface area contributed by atoms with E-state index in [9.17, 15) is 14.0 Å². The summed E-state index contributed by atoms with van der Waals surface area (Å²) in [6.45, 7) is 4.86. The van der Waals surface area contributed by atoms with Gasteiger partial charge in [0.1, 0.15) is 11.4 Å². The Bertz CT molecular complexity index is 574. The van der Waals surface area contributed by atoms with Crippen molar-refractivity contribution in [1.82, 2.24) is 4.90 Å². The maximum absolute atomic E-state index is 13.6. The number of ether oxygens (including phenoxy) is 1. The average Bonchev–Trinajstić information content (AvgIpc) is 2.37. The van der Waals surface area contributed by atoms with Crippen LogP contribution in [0, 0.1) is 5.82 Å². The first kappa shape index (κ1) is 15.2. The molecule has 1 saturated heterocycles. The molecule has 114 valence electrons. The van der Waals surface area contributed by atoms with Gasteiger partial charge >= 0.3 is 12.0 Å². The molecule has 0 aromatic heterocycles. The zero-order chi connectivity index (χ0) is 15.6. The SMILES string of the molecule is CC1(C)COCCN1C(=O)Nc1cccc(F)c1C(=O)O. The fraction of sp³-hybridized carbons (Fsp3) is 0.429. The number of hydrogen-bond acceptors (Lipinski definition) is 3. The fourth-order valence-electron chi connectivity index (χ4n) is 2.26. The molecule has 1 fully saturated rings. The van der Waals surface area contributed by atoms with Gasteiger partial charge in [-0.05, 0) is 26.0 Å². The summed E-state index contributed by atoms with van der Waals surface area (Å²) in [5.41, 5.74) is -1.12. The molecule has 1 aromatic carbocycles. The van der Waals surface area contributed by atoms with Gasteiger partial charge in [0.25, 0.3) is 0 Å². The first-order valence-corrected chi connectivity index (χ1v) is 6.51. The van der Waals surface area contributed by atoms with Crippen LogP contribution in [0.1, 0.15) is 24.2 Å². The molecule has 0 radical (unpaired) electrons. The van der Waals surface area contributed by atoms with Crippen LogP contribution in [0.4, 0.5) is 14.9 Å². The smallest absolute Gasteiger partial charge is 0.340 e. The number of carboxylic acids is 1. The van der Waals surface area contributed by atoms with Crippen molar-refractivity contribution in [3.8, 4) is 0 Å². The van der Waals surface area contributed by atoms with Crippen molar-refractivity contribution < 1.29 is 23.8 Å². The third-order valence-electron chi connectivity index (χ3n) is 3.36. The van der Waals surface area contributed by atoms with E-state index in [2.05, 4.69) is 5.32 Å². The number of halogens is 1. The second-order valence-electron chi connectivity index (χ2n) is 5.41. The van der Waals surface area contributed by atoms with Crippen LogP contribution < -0.4 is 5.32 Å². The summed E-state index contributed by atoms with van der Waals surface area (Å²) >= 11 is 0. The molecule has 7 heteroatoms. The number of rotatable bonds is 2. The van der Waals surface area contributed by atoms with E-state index >= 15 is 0 Å². The van der Waals surface area contributed by atoms with Crippen molar-refractivity contribution >= 4 is 17.7 Å². The lowest BCUT2D eigenvalue weighted by atomic mass is 10.0. The molecule has 1 aliphatic heterocycles. The van der Waals surface area contributed by atoms with Crippen molar-refractivity contribution in [2.45, 2.75) is 19.4 Å². The number of carbonyl (C=O) groups excluding carboxylic acids is 1. The fourth-order valence-corrected chi connectivity index (χ4v) is 2.26. The van der Waals surface area contributed by atoms with E-state index in [0.717, 1.165) is 6.07 Å². The zero-order valence-corrected chi connectivity index (χ0v) is 11.9. The quantitative estimate of drug-likeness (QED) is 0.876. The number of urea groups is 1. The van der Waals surface area contributed by atoms with Crippen LogP contribution in [0.3, 0.4) is 0 Å². The van der Waals surface area contributed by atoms with Gasteiger partial charge in [-0.25, -0.2) is 14.0 Å². The minimum absolute atomic E-state index is 0.0604. The largest absolute Gasteiger partial charge is 0.478 e. The van der Waals surface area contributed by atoms with Crippen molar-refractivity contribution in [2.24, 2.45) is 0 Å². The Labute approximate surface area is 121 Å². The Morgan fingerprint density at radius 3 is 2.76 bits per heavy atom. The van der Waals surface area contributed by atoms with E-state index in [-0.39, 0.29) is 5.69 Å². The molecule has 0 atom stereocenters. The van der Waals surface area contributed by atoms with E-state index in [1.807, 2.05) is 13.8 Å². The number of hydrogen-bond donors (Lipinski definition) is 2. The summed E-state index contributed by atoms with van der Waals surface area (Å²) in [6, 6.07) is 3.27. The summed E-state index contributed by atoms with van der Waals surface area (Å²) in [5, 5.41) is 11.5. The summed E-state index contributed by atoms with van der Waals surface area (Å²) in [7, 11) is 0. The van der Waals surface area contributed by atoms with Crippen LogP contribution >= 0.6 is 0 Å². The summed E-state index contributed by atoms with van der Waals surface area (Å²) in [5.74, 6) is -2.31. The van der Waals surface area contributed by atoms with Crippen LogP contribution in [-0.2, 0) is 4.74 Å². The van der Waals surface area contributed by atoms with Gasteiger partial charge in [-0.1, -0.05) is 6.07 Å². The van der Waals surface area contributed by atoms with Gasteiger partial charge in [0.2, 0.25) is 0 Å². The highest BCUT2D eigenvalue weighted by Gasteiger charge is 2.34. The number of benzene rings is 1. The number of amides is 2. The number of anilines is 1.